The molecular formula is C17H17N7O3. The van der Waals surface area contributed by atoms with Crippen LogP contribution in [0, 0.1) is 0 Å². The lowest BCUT2D eigenvalue weighted by Crippen LogP contribution is -2.36. The number of carbonyl (C=O) groups is 1. The van der Waals surface area contributed by atoms with Crippen molar-refractivity contribution in [2.24, 2.45) is 0 Å². The van der Waals surface area contributed by atoms with Crippen molar-refractivity contribution in [3.63, 3.8) is 0 Å². The molecule has 3 aromatic rings. The van der Waals surface area contributed by atoms with Crippen LogP contribution in [0.5, 0.6) is 0 Å². The average molecular weight is 367 g/mol. The lowest BCUT2D eigenvalue weighted by atomic mass is 9.64. The van der Waals surface area contributed by atoms with Gasteiger partial charge in [0.1, 0.15) is 6.54 Å². The number of nitrogens with one attached hydrogen (secondary N) is 1. The van der Waals surface area contributed by atoms with Gasteiger partial charge in [-0.3, -0.25) is 9.78 Å². The summed E-state index contributed by atoms with van der Waals surface area (Å²) < 4.78 is 5.14. The van der Waals surface area contributed by atoms with Crippen LogP contribution in [0.3, 0.4) is 0 Å². The molecule has 27 heavy (non-hydrogen) atoms. The van der Waals surface area contributed by atoms with Gasteiger partial charge in [0.15, 0.2) is 5.82 Å². The van der Waals surface area contributed by atoms with Crippen molar-refractivity contribution in [3.05, 3.63) is 42.1 Å². The molecule has 0 aliphatic heterocycles. The molecule has 10 heteroatoms. The predicted octanol–water partition coefficient (Wildman–Crippen LogP) is 1.47. The summed E-state index contributed by atoms with van der Waals surface area (Å²) in [5, 5.41) is 15.4. The summed E-state index contributed by atoms with van der Waals surface area (Å²) in [7, 11) is 0. The molecule has 0 unspecified atom stereocenters. The molecule has 0 saturated heterocycles. The first kappa shape index (κ1) is 16.9. The zero-order chi connectivity index (χ0) is 18.9. The Kier molecular flexibility index (Phi) is 4.15. The minimum Gasteiger partial charge on any atom is -0.480 e. The molecule has 1 aliphatic carbocycles. The van der Waals surface area contributed by atoms with Gasteiger partial charge in [0, 0.05) is 24.2 Å². The first-order valence-electron chi connectivity index (χ1n) is 8.41. The van der Waals surface area contributed by atoms with Crippen LogP contribution in [0.1, 0.15) is 30.7 Å². The minimum atomic E-state index is -1.00. The maximum absolute atomic E-state index is 10.7. The Morgan fingerprint density at radius 3 is 2.59 bits per heavy atom. The second-order valence-electron chi connectivity index (χ2n) is 6.37. The van der Waals surface area contributed by atoms with Crippen molar-refractivity contribution in [1.82, 2.24) is 25.1 Å². The molecule has 0 amide bonds. The number of rotatable bonds is 6. The van der Waals surface area contributed by atoms with Crippen LogP contribution >= 0.6 is 0 Å². The minimum absolute atomic E-state index is 0.0993. The van der Waals surface area contributed by atoms with Gasteiger partial charge in [-0.15, -0.1) is 0 Å². The molecule has 4 N–H and O–H groups in total. The summed E-state index contributed by atoms with van der Waals surface area (Å²) in [6.07, 6.45) is 7.84. The summed E-state index contributed by atoms with van der Waals surface area (Å²) in [4.78, 5) is 27.5. The highest BCUT2D eigenvalue weighted by atomic mass is 16.5. The van der Waals surface area contributed by atoms with Gasteiger partial charge in [-0.25, -0.2) is 9.97 Å². The van der Waals surface area contributed by atoms with E-state index in [-0.39, 0.29) is 23.9 Å². The molecule has 3 aromatic heterocycles. The third-order valence-electron chi connectivity index (χ3n) is 4.74. The van der Waals surface area contributed by atoms with Crippen LogP contribution in [-0.2, 0) is 10.2 Å². The number of carboxylic acid groups (broad SMARTS) is 1. The molecule has 4 rings (SSSR count). The van der Waals surface area contributed by atoms with E-state index in [1.807, 2.05) is 12.1 Å². The van der Waals surface area contributed by atoms with Crippen molar-refractivity contribution in [3.8, 4) is 11.3 Å². The van der Waals surface area contributed by atoms with E-state index in [1.165, 1.54) is 0 Å². The normalized spacial score (nSPS) is 15.1. The Morgan fingerprint density at radius 2 is 2.00 bits per heavy atom. The lowest BCUT2D eigenvalue weighted by molar-refractivity contribution is -0.134. The third kappa shape index (κ3) is 3.16. The van der Waals surface area contributed by atoms with E-state index in [2.05, 4.69) is 30.4 Å². The zero-order valence-electron chi connectivity index (χ0n) is 14.3. The number of aromatic nitrogens is 5. The highest BCUT2D eigenvalue weighted by Crippen LogP contribution is 2.47. The second-order valence-corrected chi connectivity index (χ2v) is 6.37. The monoisotopic (exact) mass is 367 g/mol. The summed E-state index contributed by atoms with van der Waals surface area (Å²) in [5.74, 6) is -0.250. The molecule has 3 heterocycles. The van der Waals surface area contributed by atoms with E-state index < -0.39 is 5.97 Å². The van der Waals surface area contributed by atoms with Crippen molar-refractivity contribution in [2.45, 2.75) is 24.7 Å². The summed E-state index contributed by atoms with van der Waals surface area (Å²) in [6.45, 7) is -0.283. The highest BCUT2D eigenvalue weighted by molar-refractivity contribution is 5.71. The summed E-state index contributed by atoms with van der Waals surface area (Å²) in [5.41, 5.74) is 7.65. The smallest absolute Gasteiger partial charge is 0.323 e. The highest BCUT2D eigenvalue weighted by Gasteiger charge is 2.44. The van der Waals surface area contributed by atoms with E-state index >= 15 is 0 Å². The number of hydrogen-bond donors (Lipinski definition) is 3. The van der Waals surface area contributed by atoms with E-state index in [4.69, 9.17) is 15.4 Å². The van der Waals surface area contributed by atoms with Gasteiger partial charge in [0.25, 0.3) is 0 Å². The van der Waals surface area contributed by atoms with E-state index in [9.17, 15) is 4.79 Å². The SMILES string of the molecule is Nc1ncc(-c2ccc(C3(c4noc(NCC(=O)O)n4)CCC3)cn2)cn1. The number of nitrogens with two attached hydrogens (primary N) is 1. The van der Waals surface area contributed by atoms with Gasteiger partial charge in [0.05, 0.1) is 11.1 Å². The van der Waals surface area contributed by atoms with Gasteiger partial charge >= 0.3 is 12.0 Å². The van der Waals surface area contributed by atoms with Gasteiger partial charge in [0.2, 0.25) is 5.95 Å². The Balaban J connectivity index is 1.58. The topological polar surface area (TPSA) is 153 Å². The second kappa shape index (κ2) is 6.63. The molecular weight excluding hydrogens is 350 g/mol. The number of pyridine rings is 1. The molecule has 1 fully saturated rings. The molecule has 0 radical (unpaired) electrons. The van der Waals surface area contributed by atoms with Crippen LogP contribution in [0.2, 0.25) is 0 Å². The van der Waals surface area contributed by atoms with Crippen LogP contribution in [-0.4, -0.2) is 42.7 Å². The van der Waals surface area contributed by atoms with Gasteiger partial charge in [-0.1, -0.05) is 17.6 Å². The van der Waals surface area contributed by atoms with Gasteiger partial charge < -0.3 is 20.7 Å². The maximum Gasteiger partial charge on any atom is 0.323 e. The quantitative estimate of drug-likeness (QED) is 0.583. The fraction of sp³-hybridized carbons (Fsp3) is 0.294. The first-order chi connectivity index (χ1) is 13.1. The molecule has 138 valence electrons. The number of aliphatic carboxylic acids is 1. The van der Waals surface area contributed by atoms with Crippen molar-refractivity contribution in [1.29, 1.82) is 0 Å². The Bertz CT molecular complexity index is 949. The third-order valence-corrected chi connectivity index (χ3v) is 4.74. The van der Waals surface area contributed by atoms with Crippen LogP contribution < -0.4 is 11.1 Å². The standard InChI is InChI=1S/C17H17N7O3/c18-15-20-6-10(7-21-15)12-3-2-11(8-19-12)17(4-1-5-17)14-23-16(27-24-14)22-9-13(25)26/h2-3,6-8H,1,4-5,9H2,(H,25,26)(H2,18,20,21)(H,22,23,24). The number of carboxylic acids is 1. The lowest BCUT2D eigenvalue weighted by Gasteiger charge is -2.39. The molecule has 1 aliphatic rings. The largest absolute Gasteiger partial charge is 0.480 e. The van der Waals surface area contributed by atoms with Crippen molar-refractivity contribution < 1.29 is 14.4 Å². The number of nitrogens with zero attached hydrogens (tertiary/aromatic N) is 5. The Morgan fingerprint density at radius 1 is 1.22 bits per heavy atom. The van der Waals surface area contributed by atoms with Crippen molar-refractivity contribution in [2.75, 3.05) is 17.6 Å². The number of nitrogen functional groups attached to an aromatic ring is 1. The van der Waals surface area contributed by atoms with Crippen LogP contribution in [0.15, 0.2) is 35.2 Å². The summed E-state index contributed by atoms with van der Waals surface area (Å²) >= 11 is 0. The van der Waals surface area contributed by atoms with E-state index in [1.54, 1.807) is 18.6 Å². The zero-order valence-corrected chi connectivity index (χ0v) is 14.3. The average Bonchev–Trinajstić information content (AvgIpc) is 3.09. The van der Waals surface area contributed by atoms with Crippen LogP contribution in [0.4, 0.5) is 12.0 Å². The molecule has 0 spiro atoms. The number of anilines is 2. The number of hydrogen-bond acceptors (Lipinski definition) is 9. The molecule has 1 saturated carbocycles. The predicted molar refractivity (Wildman–Crippen MR) is 94.7 cm³/mol. The van der Waals surface area contributed by atoms with E-state index in [0.717, 1.165) is 36.1 Å². The maximum atomic E-state index is 10.7. The Hall–Kier alpha value is -3.56. The fourth-order valence-corrected chi connectivity index (χ4v) is 3.13. The van der Waals surface area contributed by atoms with Crippen molar-refractivity contribution >= 4 is 17.9 Å². The van der Waals surface area contributed by atoms with Crippen LogP contribution in [0.25, 0.3) is 11.3 Å². The first-order valence-corrected chi connectivity index (χ1v) is 8.41. The Labute approximate surface area is 153 Å². The van der Waals surface area contributed by atoms with Gasteiger partial charge in [-0.2, -0.15) is 4.98 Å². The summed E-state index contributed by atoms with van der Waals surface area (Å²) in [6, 6.07) is 3.98. The van der Waals surface area contributed by atoms with Gasteiger partial charge in [-0.05, 0) is 24.5 Å². The fourth-order valence-electron chi connectivity index (χ4n) is 3.13. The molecule has 10 nitrogen and oxygen atoms in total. The molecule has 0 bridgehead atoms. The molecule has 0 atom stereocenters. The van der Waals surface area contributed by atoms with E-state index in [0.29, 0.717) is 5.82 Å². The molecule has 0 aromatic carbocycles.